The van der Waals surface area contributed by atoms with Crippen LogP contribution < -0.4 is 14.8 Å². The minimum absolute atomic E-state index is 0.223. The first-order valence-electron chi connectivity index (χ1n) is 11.6. The van der Waals surface area contributed by atoms with Crippen LogP contribution in [0.15, 0.2) is 76.1 Å². The zero-order chi connectivity index (χ0) is 26.4. The third-order valence-corrected chi connectivity index (χ3v) is 6.83. The van der Waals surface area contributed by atoms with Gasteiger partial charge in [-0.2, -0.15) is 0 Å². The van der Waals surface area contributed by atoms with Crippen LogP contribution in [0.5, 0.6) is 11.5 Å². The number of hydrogen-bond donors (Lipinski definition) is 1. The Morgan fingerprint density at radius 2 is 1.84 bits per heavy atom. The highest BCUT2D eigenvalue weighted by Crippen LogP contribution is 2.39. The molecule has 0 unspecified atom stereocenters. The lowest BCUT2D eigenvalue weighted by Crippen LogP contribution is -2.36. The second kappa shape index (κ2) is 12.1. The summed E-state index contributed by atoms with van der Waals surface area (Å²) in [6.45, 7) is 4.20. The summed E-state index contributed by atoms with van der Waals surface area (Å²) in [5.41, 5.74) is 3.26. The molecule has 1 fully saturated rings. The van der Waals surface area contributed by atoms with Crippen molar-refractivity contribution >= 4 is 56.5 Å². The predicted octanol–water partition coefficient (Wildman–Crippen LogP) is 6.41. The van der Waals surface area contributed by atoms with Gasteiger partial charge in [-0.25, -0.2) is 0 Å². The summed E-state index contributed by atoms with van der Waals surface area (Å²) in [6.07, 6.45) is 1.61. The van der Waals surface area contributed by atoms with Crippen LogP contribution in [0.4, 0.5) is 10.5 Å². The summed E-state index contributed by atoms with van der Waals surface area (Å²) in [4.78, 5) is 39.1. The Morgan fingerprint density at radius 1 is 1.05 bits per heavy atom. The van der Waals surface area contributed by atoms with Gasteiger partial charge in [0.15, 0.2) is 11.5 Å². The Bertz CT molecular complexity index is 1360. The Kier molecular flexibility index (Phi) is 8.68. The van der Waals surface area contributed by atoms with Crippen molar-refractivity contribution in [2.75, 3.05) is 18.5 Å². The summed E-state index contributed by atoms with van der Waals surface area (Å²) in [5, 5.41) is 2.23. The molecule has 0 bridgehead atoms. The summed E-state index contributed by atoms with van der Waals surface area (Å²) in [5.74, 6) is 0.0860. The van der Waals surface area contributed by atoms with Gasteiger partial charge in [0.25, 0.3) is 11.1 Å². The van der Waals surface area contributed by atoms with Crippen molar-refractivity contribution in [3.05, 3.63) is 92.8 Å². The molecule has 1 saturated heterocycles. The van der Waals surface area contributed by atoms with Crippen LogP contribution in [0.1, 0.15) is 23.6 Å². The smallest absolute Gasteiger partial charge is 0.294 e. The Labute approximate surface area is 228 Å². The predicted molar refractivity (Wildman–Crippen MR) is 149 cm³/mol. The molecule has 0 radical (unpaired) electrons. The molecule has 7 nitrogen and oxygen atoms in total. The number of rotatable bonds is 9. The van der Waals surface area contributed by atoms with E-state index in [4.69, 9.17) is 9.47 Å². The number of carbonyl (C=O) groups is 3. The molecule has 4 rings (SSSR count). The van der Waals surface area contributed by atoms with Gasteiger partial charge in [0.1, 0.15) is 13.2 Å². The molecule has 1 N–H and O–H groups in total. The van der Waals surface area contributed by atoms with Crippen LogP contribution in [-0.2, 0) is 16.2 Å². The maximum atomic E-state index is 13.0. The first-order chi connectivity index (χ1) is 17.8. The van der Waals surface area contributed by atoms with Crippen molar-refractivity contribution in [3.8, 4) is 11.5 Å². The van der Waals surface area contributed by atoms with E-state index in [0.29, 0.717) is 40.4 Å². The standard InChI is InChI=1S/C28H25BrN2O5S/c1-3-35-23-14-20(13-22(29)26(23)36-17-19-9-5-4-6-10-19)15-24-27(33)31(28(34)37-24)16-25(32)30-21-11-7-8-18(2)12-21/h4-15H,3,16-17H2,1-2H3,(H,30,32)/b24-15+. The molecule has 37 heavy (non-hydrogen) atoms. The number of imide groups is 1. The van der Waals surface area contributed by atoms with Gasteiger partial charge in [0.05, 0.1) is 16.0 Å². The quantitative estimate of drug-likeness (QED) is 0.294. The number of aryl methyl sites for hydroxylation is 1. The molecule has 0 atom stereocenters. The number of nitrogens with one attached hydrogen (secondary N) is 1. The van der Waals surface area contributed by atoms with Crippen molar-refractivity contribution in [2.24, 2.45) is 0 Å². The molecule has 0 spiro atoms. The Morgan fingerprint density at radius 3 is 2.57 bits per heavy atom. The van der Waals surface area contributed by atoms with Gasteiger partial charge in [-0.15, -0.1) is 0 Å². The molecule has 0 aromatic heterocycles. The maximum absolute atomic E-state index is 13.0. The fraction of sp³-hybridized carbons (Fsp3) is 0.179. The van der Waals surface area contributed by atoms with E-state index < -0.39 is 17.1 Å². The average molecular weight is 581 g/mol. The molecule has 190 valence electrons. The van der Waals surface area contributed by atoms with E-state index in [1.165, 1.54) is 0 Å². The molecule has 0 saturated carbocycles. The van der Waals surface area contributed by atoms with Gasteiger partial charge in [-0.3, -0.25) is 19.3 Å². The lowest BCUT2D eigenvalue weighted by molar-refractivity contribution is -0.127. The Balaban J connectivity index is 1.49. The van der Waals surface area contributed by atoms with Gasteiger partial charge in [0, 0.05) is 5.69 Å². The van der Waals surface area contributed by atoms with Crippen molar-refractivity contribution in [2.45, 2.75) is 20.5 Å². The highest BCUT2D eigenvalue weighted by atomic mass is 79.9. The summed E-state index contributed by atoms with van der Waals surface area (Å²) < 4.78 is 12.5. The van der Waals surface area contributed by atoms with Crippen molar-refractivity contribution in [3.63, 3.8) is 0 Å². The normalized spacial score (nSPS) is 14.2. The van der Waals surface area contributed by atoms with Crippen LogP contribution >= 0.6 is 27.7 Å². The highest BCUT2D eigenvalue weighted by Gasteiger charge is 2.36. The highest BCUT2D eigenvalue weighted by molar-refractivity contribution is 9.10. The van der Waals surface area contributed by atoms with Gasteiger partial charge >= 0.3 is 0 Å². The lowest BCUT2D eigenvalue weighted by Gasteiger charge is -2.15. The number of anilines is 1. The number of hydrogen-bond acceptors (Lipinski definition) is 6. The molecule has 0 aliphatic carbocycles. The van der Waals surface area contributed by atoms with Gasteiger partial charge < -0.3 is 14.8 Å². The number of halogens is 1. The van der Waals surface area contributed by atoms with Crippen LogP contribution in [0, 0.1) is 6.92 Å². The van der Waals surface area contributed by atoms with E-state index in [-0.39, 0.29) is 11.4 Å². The molecule has 9 heteroatoms. The molecular formula is C28H25BrN2O5S. The zero-order valence-corrected chi connectivity index (χ0v) is 22.7. The second-order valence-corrected chi connectivity index (χ2v) is 10.1. The minimum Gasteiger partial charge on any atom is -0.490 e. The molecule has 3 aromatic rings. The summed E-state index contributed by atoms with van der Waals surface area (Å²) in [7, 11) is 0. The Hall–Kier alpha value is -3.56. The van der Waals surface area contributed by atoms with E-state index in [2.05, 4.69) is 21.2 Å². The fourth-order valence-electron chi connectivity index (χ4n) is 3.66. The monoisotopic (exact) mass is 580 g/mol. The molecule has 3 aromatic carbocycles. The molecule has 1 aliphatic heterocycles. The third kappa shape index (κ3) is 6.81. The fourth-order valence-corrected chi connectivity index (χ4v) is 5.07. The number of benzene rings is 3. The van der Waals surface area contributed by atoms with E-state index in [0.717, 1.165) is 27.8 Å². The molecule has 3 amide bonds. The van der Waals surface area contributed by atoms with E-state index in [1.807, 2.05) is 62.4 Å². The molecular weight excluding hydrogens is 556 g/mol. The number of ether oxygens (including phenoxy) is 2. The van der Waals surface area contributed by atoms with Gasteiger partial charge in [-0.05, 0) is 88.6 Å². The zero-order valence-electron chi connectivity index (χ0n) is 20.3. The van der Waals surface area contributed by atoms with Crippen LogP contribution in [-0.4, -0.2) is 35.1 Å². The van der Waals surface area contributed by atoms with Crippen LogP contribution in [0.25, 0.3) is 6.08 Å². The lowest BCUT2D eigenvalue weighted by atomic mass is 10.1. The van der Waals surface area contributed by atoms with Crippen molar-refractivity contribution in [1.29, 1.82) is 0 Å². The van der Waals surface area contributed by atoms with E-state index in [9.17, 15) is 14.4 Å². The molecule has 1 heterocycles. The van der Waals surface area contributed by atoms with Crippen molar-refractivity contribution < 1.29 is 23.9 Å². The first-order valence-corrected chi connectivity index (χ1v) is 13.2. The van der Waals surface area contributed by atoms with E-state index >= 15 is 0 Å². The largest absolute Gasteiger partial charge is 0.490 e. The molecule has 1 aliphatic rings. The van der Waals surface area contributed by atoms with Crippen LogP contribution in [0.2, 0.25) is 0 Å². The maximum Gasteiger partial charge on any atom is 0.294 e. The SMILES string of the molecule is CCOc1cc(/C=C2/SC(=O)N(CC(=O)Nc3cccc(C)c3)C2=O)cc(Br)c1OCc1ccccc1. The van der Waals surface area contributed by atoms with Gasteiger partial charge in [-0.1, -0.05) is 42.5 Å². The average Bonchev–Trinajstić information content (AvgIpc) is 3.11. The van der Waals surface area contributed by atoms with Gasteiger partial charge in [0.2, 0.25) is 5.91 Å². The first kappa shape index (κ1) is 26.5. The summed E-state index contributed by atoms with van der Waals surface area (Å²) in [6, 6.07) is 20.6. The van der Waals surface area contributed by atoms with Crippen molar-refractivity contribution in [1.82, 2.24) is 4.90 Å². The number of nitrogens with zero attached hydrogens (tertiary/aromatic N) is 1. The minimum atomic E-state index is -0.520. The van der Waals surface area contributed by atoms with Crippen LogP contribution in [0.3, 0.4) is 0 Å². The second-order valence-electron chi connectivity index (χ2n) is 8.22. The third-order valence-electron chi connectivity index (χ3n) is 5.33. The summed E-state index contributed by atoms with van der Waals surface area (Å²) >= 11 is 4.34. The number of thioether (sulfide) groups is 1. The number of amides is 3. The number of carbonyl (C=O) groups excluding carboxylic acids is 3. The van der Waals surface area contributed by atoms with E-state index in [1.54, 1.807) is 24.3 Å². The topological polar surface area (TPSA) is 84.9 Å².